The second-order valence-corrected chi connectivity index (χ2v) is 10.4. The molecule has 18 nitrogen and oxygen atoms in total. The van der Waals surface area contributed by atoms with Crippen LogP contribution >= 0.6 is 0 Å². The summed E-state index contributed by atoms with van der Waals surface area (Å²) in [7, 11) is 3.24. The molecule has 1 rings (SSSR count). The van der Waals surface area contributed by atoms with Gasteiger partial charge in [-0.05, 0) is 12.8 Å². The van der Waals surface area contributed by atoms with E-state index in [1.54, 1.807) is 14.2 Å². The van der Waals surface area contributed by atoms with Gasteiger partial charge in [0.2, 0.25) is 11.8 Å². The van der Waals surface area contributed by atoms with Crippen LogP contribution in [-0.2, 0) is 56.9 Å². The minimum Gasteiger partial charge on any atom is -0.492 e. The number of methoxy groups -OCH3 is 2. The smallest absolute Gasteiger partial charge is 0.407 e. The Bertz CT molecular complexity index is 889. The van der Waals surface area contributed by atoms with Crippen molar-refractivity contribution in [3.63, 3.8) is 0 Å². The summed E-state index contributed by atoms with van der Waals surface area (Å²) in [6.07, 6.45) is 0.463. The number of rotatable bonds is 36. The molecule has 1 heterocycles. The summed E-state index contributed by atoms with van der Waals surface area (Å²) in [5, 5.41) is 21.8. The van der Waals surface area contributed by atoms with E-state index in [0.717, 1.165) is 0 Å². The Morgan fingerprint density at radius 1 is 0.600 bits per heavy atom. The number of hydrogen-bond acceptors (Lipinski definition) is 16. The fourth-order valence-corrected chi connectivity index (χ4v) is 3.75. The van der Waals surface area contributed by atoms with Gasteiger partial charge in [0.25, 0.3) is 0 Å². The predicted molar refractivity (Wildman–Crippen MR) is 176 cm³/mol. The highest BCUT2D eigenvalue weighted by Crippen LogP contribution is 2.19. The van der Waals surface area contributed by atoms with E-state index in [9.17, 15) is 19.8 Å². The quantitative estimate of drug-likeness (QED) is 0.0824. The average Bonchev–Trinajstić information content (AvgIpc) is 3.42. The van der Waals surface area contributed by atoms with Gasteiger partial charge in [-0.25, -0.2) is 9.59 Å². The van der Waals surface area contributed by atoms with Crippen LogP contribution in [0.3, 0.4) is 0 Å². The molecule has 1 aromatic rings. The number of aromatic hydroxyl groups is 2. The number of ether oxygens (including phenoxy) is 11. The first-order chi connectivity index (χ1) is 24.5. The lowest BCUT2D eigenvalue weighted by Crippen LogP contribution is -2.35. The summed E-state index contributed by atoms with van der Waals surface area (Å²) in [5.74, 6) is -1.38. The van der Waals surface area contributed by atoms with E-state index < -0.39 is 18.2 Å². The van der Waals surface area contributed by atoms with Crippen molar-refractivity contribution >= 4 is 12.1 Å². The monoisotopic (exact) mass is 726 g/mol. The van der Waals surface area contributed by atoms with Crippen molar-refractivity contribution in [3.8, 4) is 11.8 Å². The molecule has 0 atom stereocenters. The van der Waals surface area contributed by atoms with Crippen LogP contribution in [0.15, 0.2) is 12.1 Å². The van der Waals surface area contributed by atoms with Crippen molar-refractivity contribution in [1.29, 1.82) is 0 Å². The zero-order valence-electron chi connectivity index (χ0n) is 29.6. The van der Waals surface area contributed by atoms with Gasteiger partial charge in [-0.2, -0.15) is 0 Å². The van der Waals surface area contributed by atoms with Crippen molar-refractivity contribution in [2.45, 2.75) is 31.8 Å². The number of unbranched alkanes of at least 4 members (excludes halogenated alkanes) is 2. The van der Waals surface area contributed by atoms with Gasteiger partial charge in [0.05, 0.1) is 119 Å². The highest BCUT2D eigenvalue weighted by Gasteiger charge is 2.16. The summed E-state index contributed by atoms with van der Waals surface area (Å²) in [6, 6.07) is 2.40. The Hall–Kier alpha value is -2.78. The molecule has 50 heavy (non-hydrogen) atoms. The number of carbonyl (C=O) groups excluding carboxylic acids is 2. The van der Waals surface area contributed by atoms with E-state index in [0.29, 0.717) is 123 Å². The molecule has 0 aliphatic carbocycles. The van der Waals surface area contributed by atoms with Gasteiger partial charge in [-0.1, -0.05) is 6.42 Å². The summed E-state index contributed by atoms with van der Waals surface area (Å²) >= 11 is 0. The molecular formula is C32H58N2O16. The number of amides is 1. The second-order valence-electron chi connectivity index (χ2n) is 10.4. The van der Waals surface area contributed by atoms with Crippen LogP contribution < -0.4 is 10.2 Å². The van der Waals surface area contributed by atoms with Crippen molar-refractivity contribution < 1.29 is 76.7 Å². The molecule has 0 aliphatic rings. The molecule has 292 valence electrons. The Morgan fingerprint density at radius 3 is 1.42 bits per heavy atom. The second kappa shape index (κ2) is 33.4. The van der Waals surface area contributed by atoms with Crippen LogP contribution in [-0.4, -0.2) is 173 Å². The van der Waals surface area contributed by atoms with Gasteiger partial charge in [0.1, 0.15) is 0 Å². The van der Waals surface area contributed by atoms with Crippen molar-refractivity contribution in [3.05, 3.63) is 12.1 Å². The van der Waals surface area contributed by atoms with Crippen LogP contribution in [0.5, 0.6) is 11.8 Å². The molecule has 0 saturated heterocycles. The molecule has 0 aliphatic heterocycles. The summed E-state index contributed by atoms with van der Waals surface area (Å²) in [5.41, 5.74) is 0. The van der Waals surface area contributed by atoms with E-state index in [1.165, 1.54) is 12.1 Å². The number of hydrogen-bond donors (Lipinski definition) is 3. The summed E-state index contributed by atoms with van der Waals surface area (Å²) in [4.78, 5) is 29.3. The number of aromatic nitrogens is 1. The van der Waals surface area contributed by atoms with Gasteiger partial charge in [-0.3, -0.25) is 0 Å². The Balaban J connectivity index is 2.22. The molecule has 1 amide bonds. The van der Waals surface area contributed by atoms with Gasteiger partial charge < -0.3 is 72.5 Å². The summed E-state index contributed by atoms with van der Waals surface area (Å²) < 4.78 is 59.8. The molecule has 18 heteroatoms. The average molecular weight is 727 g/mol. The number of carbonyl (C=O) groups is 2. The lowest BCUT2D eigenvalue weighted by molar-refractivity contribution is -0.145. The van der Waals surface area contributed by atoms with Gasteiger partial charge in [0, 0.05) is 39.3 Å². The van der Waals surface area contributed by atoms with Crippen LogP contribution in [0.4, 0.5) is 4.79 Å². The zero-order valence-corrected chi connectivity index (χ0v) is 29.6. The minimum atomic E-state index is -0.672. The first kappa shape index (κ1) is 45.2. The maximum absolute atomic E-state index is 12.4. The number of nitrogens with zero attached hydrogens (tertiary/aromatic N) is 1. The van der Waals surface area contributed by atoms with Gasteiger partial charge >= 0.3 is 12.1 Å². The molecule has 0 unspecified atom stereocenters. The molecule has 3 N–H and O–H groups in total. The molecule has 0 fully saturated rings. The lowest BCUT2D eigenvalue weighted by atomic mass is 10.2. The SMILES string of the molecule is COCCOCCOCCOCCOCC(COCCOCCOCCOCCOC)OC(=O)NCCCCCC(=O)On1c(O)ccc1O. The maximum Gasteiger partial charge on any atom is 0.407 e. The Kier molecular flexibility index (Phi) is 30.2. The third kappa shape index (κ3) is 27.0. The number of nitrogens with one attached hydrogen (secondary N) is 1. The molecule has 1 aromatic heterocycles. The van der Waals surface area contributed by atoms with E-state index in [1.807, 2.05) is 0 Å². The van der Waals surface area contributed by atoms with E-state index >= 15 is 0 Å². The predicted octanol–water partition coefficient (Wildman–Crippen LogP) is 0.935. The maximum atomic E-state index is 12.4. The first-order valence-electron chi connectivity index (χ1n) is 16.8. The normalized spacial score (nSPS) is 11.3. The summed E-state index contributed by atoms with van der Waals surface area (Å²) in [6.45, 7) is 7.49. The van der Waals surface area contributed by atoms with Crippen LogP contribution in [0, 0.1) is 0 Å². The van der Waals surface area contributed by atoms with Crippen LogP contribution in [0.1, 0.15) is 25.7 Å². The molecule has 0 radical (unpaired) electrons. The van der Waals surface area contributed by atoms with E-state index in [-0.39, 0.29) is 44.6 Å². The van der Waals surface area contributed by atoms with Crippen molar-refractivity contribution in [1.82, 2.24) is 10.0 Å². The van der Waals surface area contributed by atoms with E-state index in [2.05, 4.69) is 5.32 Å². The number of alkyl carbamates (subject to hydrolysis) is 1. The van der Waals surface area contributed by atoms with E-state index in [4.69, 9.17) is 56.9 Å². The van der Waals surface area contributed by atoms with Crippen LogP contribution in [0.25, 0.3) is 0 Å². The fourth-order valence-electron chi connectivity index (χ4n) is 3.75. The van der Waals surface area contributed by atoms with Gasteiger partial charge in [0.15, 0.2) is 6.10 Å². The lowest BCUT2D eigenvalue weighted by Gasteiger charge is -2.19. The third-order valence-electron chi connectivity index (χ3n) is 6.29. The highest BCUT2D eigenvalue weighted by atomic mass is 16.7. The molecule has 0 saturated carbocycles. The Morgan fingerprint density at radius 2 is 1.00 bits per heavy atom. The van der Waals surface area contributed by atoms with Gasteiger partial charge in [-0.15, -0.1) is 4.73 Å². The largest absolute Gasteiger partial charge is 0.492 e. The standard InChI is InChI=1S/C32H58N2O16/c1-39-10-12-41-14-16-43-18-20-45-22-24-47-26-28(27-48-25-23-46-21-19-44-17-15-42-13-11-40-2)49-32(38)33-9-5-3-4-6-31(37)50-34-29(35)7-8-30(34)36/h7-8,28,35-36H,3-6,9-27H2,1-2H3,(H,33,38). The zero-order chi connectivity index (χ0) is 36.3. The Labute approximate surface area is 294 Å². The highest BCUT2D eigenvalue weighted by molar-refractivity contribution is 5.69. The van der Waals surface area contributed by atoms with Crippen molar-refractivity contribution in [2.24, 2.45) is 0 Å². The molecule has 0 aromatic carbocycles. The molecule has 0 spiro atoms. The third-order valence-corrected chi connectivity index (χ3v) is 6.29. The molecular weight excluding hydrogens is 668 g/mol. The van der Waals surface area contributed by atoms with Crippen molar-refractivity contribution in [2.75, 3.05) is 140 Å². The minimum absolute atomic E-state index is 0.0697. The first-order valence-corrected chi connectivity index (χ1v) is 16.8. The fraction of sp³-hybridized carbons (Fsp3) is 0.812. The topological polar surface area (TPSA) is 202 Å². The molecule has 0 bridgehead atoms. The van der Waals surface area contributed by atoms with Crippen LogP contribution in [0.2, 0.25) is 0 Å².